The van der Waals surface area contributed by atoms with Gasteiger partial charge < -0.3 is 10.1 Å². The van der Waals surface area contributed by atoms with E-state index in [1.54, 1.807) is 0 Å². The Morgan fingerprint density at radius 2 is 1.97 bits per heavy atom. The first-order chi connectivity index (χ1) is 17.4. The largest absolute Gasteiger partial charge is 0.465 e. The number of pyridine rings is 1. The molecule has 2 atom stereocenters. The topological polar surface area (TPSA) is 72.7 Å². The Morgan fingerprint density at radius 1 is 1.17 bits per heavy atom. The molecule has 0 radical (unpaired) electrons. The van der Waals surface area contributed by atoms with E-state index in [0.29, 0.717) is 24.5 Å². The number of esters is 1. The predicted octanol–water partition coefficient (Wildman–Crippen LogP) is 6.46. The highest BCUT2D eigenvalue weighted by Gasteiger charge is 2.44. The molecular weight excluding hydrogens is 450 g/mol. The van der Waals surface area contributed by atoms with Crippen molar-refractivity contribution in [1.29, 1.82) is 0 Å². The maximum absolute atomic E-state index is 13.2. The SMILES string of the molecule is CCCOC(=O)C1(c2cn3c(C(=O)NCCCC4CCCC(C(C)C)C4)cccc3n2)CCCCC1. The van der Waals surface area contributed by atoms with Crippen molar-refractivity contribution in [3.63, 3.8) is 0 Å². The zero-order chi connectivity index (χ0) is 25.5. The van der Waals surface area contributed by atoms with Crippen LogP contribution in [0.4, 0.5) is 0 Å². The number of amides is 1. The average molecular weight is 496 g/mol. The number of carbonyl (C=O) groups excluding carboxylic acids is 2. The summed E-state index contributed by atoms with van der Waals surface area (Å²) in [5, 5.41) is 3.13. The molecule has 2 unspecified atom stereocenters. The minimum Gasteiger partial charge on any atom is -0.465 e. The quantitative estimate of drug-likeness (QED) is 0.303. The van der Waals surface area contributed by atoms with Crippen LogP contribution in [0.5, 0.6) is 0 Å². The summed E-state index contributed by atoms with van der Waals surface area (Å²) in [4.78, 5) is 31.2. The molecule has 2 aromatic heterocycles. The third-order valence-corrected chi connectivity index (χ3v) is 8.59. The number of imidazole rings is 1. The van der Waals surface area contributed by atoms with E-state index in [-0.39, 0.29) is 11.9 Å². The van der Waals surface area contributed by atoms with E-state index >= 15 is 0 Å². The number of fused-ring (bicyclic) bond motifs is 1. The van der Waals surface area contributed by atoms with Crippen LogP contribution < -0.4 is 5.32 Å². The summed E-state index contributed by atoms with van der Waals surface area (Å²) in [6, 6.07) is 5.62. The molecule has 0 spiro atoms. The van der Waals surface area contributed by atoms with Crippen molar-refractivity contribution in [3.8, 4) is 0 Å². The van der Waals surface area contributed by atoms with Crippen molar-refractivity contribution < 1.29 is 14.3 Å². The van der Waals surface area contributed by atoms with Crippen LogP contribution >= 0.6 is 0 Å². The molecule has 198 valence electrons. The minimum absolute atomic E-state index is 0.0838. The van der Waals surface area contributed by atoms with E-state index in [1.807, 2.05) is 35.7 Å². The van der Waals surface area contributed by atoms with Gasteiger partial charge in [-0.15, -0.1) is 0 Å². The number of nitrogens with zero attached hydrogens (tertiary/aromatic N) is 2. The van der Waals surface area contributed by atoms with Crippen LogP contribution in [0.1, 0.15) is 114 Å². The van der Waals surface area contributed by atoms with Gasteiger partial charge in [-0.25, -0.2) is 4.98 Å². The fourth-order valence-electron chi connectivity index (χ4n) is 6.36. The Kier molecular flexibility index (Phi) is 9.08. The molecule has 1 amide bonds. The van der Waals surface area contributed by atoms with Crippen molar-refractivity contribution >= 4 is 17.5 Å². The summed E-state index contributed by atoms with van der Waals surface area (Å²) in [5.74, 6) is 2.18. The van der Waals surface area contributed by atoms with Gasteiger partial charge in [-0.1, -0.05) is 65.4 Å². The molecule has 0 aliphatic heterocycles. The first kappa shape index (κ1) is 26.7. The molecule has 2 aliphatic rings. The average Bonchev–Trinajstić information content (AvgIpc) is 3.35. The number of nitrogens with one attached hydrogen (secondary N) is 1. The molecule has 0 aromatic carbocycles. The summed E-state index contributed by atoms with van der Waals surface area (Å²) in [7, 11) is 0. The highest BCUT2D eigenvalue weighted by atomic mass is 16.5. The van der Waals surface area contributed by atoms with Gasteiger partial charge in [0.25, 0.3) is 5.91 Å². The van der Waals surface area contributed by atoms with Gasteiger partial charge in [-0.3, -0.25) is 14.0 Å². The zero-order valence-corrected chi connectivity index (χ0v) is 22.6. The molecule has 36 heavy (non-hydrogen) atoms. The molecule has 2 heterocycles. The van der Waals surface area contributed by atoms with Crippen LogP contribution in [-0.2, 0) is 14.9 Å². The fourth-order valence-corrected chi connectivity index (χ4v) is 6.36. The maximum atomic E-state index is 13.2. The van der Waals surface area contributed by atoms with Crippen LogP contribution in [0.3, 0.4) is 0 Å². The number of ether oxygens (including phenoxy) is 1. The fraction of sp³-hybridized carbons (Fsp3) is 0.700. The Bertz CT molecular complexity index is 1020. The molecule has 6 nitrogen and oxygen atoms in total. The Morgan fingerprint density at radius 3 is 2.72 bits per heavy atom. The molecule has 2 fully saturated rings. The Hall–Kier alpha value is -2.37. The van der Waals surface area contributed by atoms with Crippen molar-refractivity contribution in [2.45, 2.75) is 103 Å². The summed E-state index contributed by atoms with van der Waals surface area (Å²) in [6.45, 7) is 7.82. The standard InChI is InChI=1S/C30H45N3O3/c1-4-19-36-29(35)30(16-6-5-7-17-30)26-21-33-25(14-9-15-27(33)32-26)28(34)31-18-10-12-23-11-8-13-24(20-23)22(2)3/h9,14-15,21-24H,4-8,10-13,16-20H2,1-3H3,(H,31,34). The lowest BCUT2D eigenvalue weighted by molar-refractivity contribution is -0.152. The molecule has 6 heteroatoms. The second kappa shape index (κ2) is 12.2. The number of hydrogen-bond acceptors (Lipinski definition) is 4. The van der Waals surface area contributed by atoms with Gasteiger partial charge in [-0.05, 0) is 68.4 Å². The lowest BCUT2D eigenvalue weighted by Crippen LogP contribution is -2.40. The van der Waals surface area contributed by atoms with Crippen molar-refractivity contribution in [3.05, 3.63) is 35.8 Å². The lowest BCUT2D eigenvalue weighted by atomic mass is 9.72. The van der Waals surface area contributed by atoms with Crippen LogP contribution in [-0.4, -0.2) is 34.4 Å². The molecule has 0 bridgehead atoms. The second-order valence-corrected chi connectivity index (χ2v) is 11.5. The van der Waals surface area contributed by atoms with Gasteiger partial charge in [0.05, 0.1) is 12.3 Å². The molecule has 2 aromatic rings. The molecular formula is C30H45N3O3. The highest BCUT2D eigenvalue weighted by molar-refractivity contribution is 5.93. The van der Waals surface area contributed by atoms with Crippen LogP contribution in [0.15, 0.2) is 24.4 Å². The molecule has 0 saturated heterocycles. The highest BCUT2D eigenvalue weighted by Crippen LogP contribution is 2.40. The second-order valence-electron chi connectivity index (χ2n) is 11.5. The normalized spacial score (nSPS) is 22.0. The summed E-state index contributed by atoms with van der Waals surface area (Å²) in [5.41, 5.74) is 1.30. The Balaban J connectivity index is 1.42. The Labute approximate surface area is 216 Å². The van der Waals surface area contributed by atoms with Gasteiger partial charge in [-0.2, -0.15) is 0 Å². The number of rotatable bonds is 10. The summed E-state index contributed by atoms with van der Waals surface area (Å²) in [6.07, 6.45) is 14.9. The number of carbonyl (C=O) groups is 2. The van der Waals surface area contributed by atoms with Crippen LogP contribution in [0, 0.1) is 17.8 Å². The van der Waals surface area contributed by atoms with E-state index in [9.17, 15) is 9.59 Å². The predicted molar refractivity (Wildman–Crippen MR) is 143 cm³/mol. The third-order valence-electron chi connectivity index (χ3n) is 8.59. The third kappa shape index (κ3) is 5.95. The lowest BCUT2D eigenvalue weighted by Gasteiger charge is -2.33. The van der Waals surface area contributed by atoms with E-state index < -0.39 is 5.41 Å². The summed E-state index contributed by atoms with van der Waals surface area (Å²) >= 11 is 0. The van der Waals surface area contributed by atoms with E-state index in [0.717, 1.165) is 68.4 Å². The van der Waals surface area contributed by atoms with Gasteiger partial charge in [0.1, 0.15) is 16.8 Å². The first-order valence-electron chi connectivity index (χ1n) is 14.4. The first-order valence-corrected chi connectivity index (χ1v) is 14.4. The van der Waals surface area contributed by atoms with Gasteiger partial charge in [0, 0.05) is 12.7 Å². The van der Waals surface area contributed by atoms with Gasteiger partial charge in [0.2, 0.25) is 0 Å². The molecule has 2 saturated carbocycles. The van der Waals surface area contributed by atoms with Gasteiger partial charge >= 0.3 is 5.97 Å². The van der Waals surface area contributed by atoms with E-state index in [4.69, 9.17) is 9.72 Å². The van der Waals surface area contributed by atoms with E-state index in [1.165, 1.54) is 32.1 Å². The van der Waals surface area contributed by atoms with Crippen LogP contribution in [0.25, 0.3) is 5.65 Å². The zero-order valence-electron chi connectivity index (χ0n) is 22.6. The number of hydrogen-bond donors (Lipinski definition) is 1. The molecule has 4 rings (SSSR count). The molecule has 2 aliphatic carbocycles. The minimum atomic E-state index is -0.707. The van der Waals surface area contributed by atoms with Crippen molar-refractivity contribution in [2.24, 2.45) is 17.8 Å². The van der Waals surface area contributed by atoms with Crippen LogP contribution in [0.2, 0.25) is 0 Å². The maximum Gasteiger partial charge on any atom is 0.318 e. The number of aromatic nitrogens is 2. The van der Waals surface area contributed by atoms with Crippen molar-refractivity contribution in [1.82, 2.24) is 14.7 Å². The monoisotopic (exact) mass is 495 g/mol. The molecule has 1 N–H and O–H groups in total. The van der Waals surface area contributed by atoms with Crippen molar-refractivity contribution in [2.75, 3.05) is 13.2 Å². The van der Waals surface area contributed by atoms with E-state index in [2.05, 4.69) is 19.2 Å². The smallest absolute Gasteiger partial charge is 0.318 e. The van der Waals surface area contributed by atoms with Gasteiger partial charge in [0.15, 0.2) is 0 Å². The summed E-state index contributed by atoms with van der Waals surface area (Å²) < 4.78 is 7.48.